The molecule has 0 atom stereocenters. The van der Waals surface area contributed by atoms with Gasteiger partial charge in [0.2, 0.25) is 17.7 Å². The minimum Gasteiger partial charge on any atom is -0.337 e. The summed E-state index contributed by atoms with van der Waals surface area (Å²) in [4.78, 5) is 39.5. The van der Waals surface area contributed by atoms with Gasteiger partial charge in [-0.15, -0.1) is 0 Å². The fraction of sp³-hybridized carbons (Fsp3) is 0.357. The molecule has 0 unspecified atom stereocenters. The van der Waals surface area contributed by atoms with Gasteiger partial charge >= 0.3 is 0 Å². The van der Waals surface area contributed by atoms with Crippen LogP contribution in [0.5, 0.6) is 0 Å². The lowest BCUT2D eigenvalue weighted by Crippen LogP contribution is -2.40. The smallest absolute Gasteiger partial charge is 0.248 e. The number of carbonyl (C=O) groups is 3. The van der Waals surface area contributed by atoms with E-state index >= 15 is 0 Å². The van der Waals surface area contributed by atoms with Gasteiger partial charge in [0.1, 0.15) is 13.2 Å². The highest BCUT2D eigenvalue weighted by molar-refractivity contribution is 6.30. The SMILES string of the molecule is CC(=O)N(C)CC(=O)N1CC(=O)N(c2ccc(Cl)cc2)C1. The summed E-state index contributed by atoms with van der Waals surface area (Å²) in [5.41, 5.74) is 0.694. The molecule has 1 aromatic carbocycles. The maximum Gasteiger partial charge on any atom is 0.248 e. The largest absolute Gasteiger partial charge is 0.337 e. The lowest BCUT2D eigenvalue weighted by Gasteiger charge is -2.21. The van der Waals surface area contributed by atoms with Crippen molar-refractivity contribution in [3.05, 3.63) is 29.3 Å². The molecular weight excluding hydrogens is 294 g/mol. The third kappa shape index (κ3) is 3.52. The van der Waals surface area contributed by atoms with Crippen LogP contribution in [0.15, 0.2) is 24.3 Å². The van der Waals surface area contributed by atoms with Crippen LogP contribution in [0, 0.1) is 0 Å². The standard InChI is InChI=1S/C14H16ClN3O3/c1-10(19)16(2)7-13(20)17-8-14(21)18(9-17)12-5-3-11(15)4-6-12/h3-6H,7-9H2,1-2H3. The highest BCUT2D eigenvalue weighted by atomic mass is 35.5. The van der Waals surface area contributed by atoms with E-state index < -0.39 is 0 Å². The lowest BCUT2D eigenvalue weighted by atomic mass is 10.3. The van der Waals surface area contributed by atoms with E-state index in [2.05, 4.69) is 0 Å². The van der Waals surface area contributed by atoms with E-state index in [1.54, 1.807) is 31.3 Å². The van der Waals surface area contributed by atoms with Crippen molar-refractivity contribution in [1.29, 1.82) is 0 Å². The van der Waals surface area contributed by atoms with Crippen LogP contribution < -0.4 is 4.90 Å². The molecule has 0 radical (unpaired) electrons. The third-order valence-electron chi connectivity index (χ3n) is 3.34. The van der Waals surface area contributed by atoms with Gasteiger partial charge in [-0.25, -0.2) is 0 Å². The predicted molar refractivity (Wildman–Crippen MR) is 78.8 cm³/mol. The first-order chi connectivity index (χ1) is 9.88. The van der Waals surface area contributed by atoms with Gasteiger partial charge in [0, 0.05) is 24.7 Å². The van der Waals surface area contributed by atoms with Gasteiger partial charge in [-0.1, -0.05) is 11.6 Å². The zero-order valence-corrected chi connectivity index (χ0v) is 12.6. The van der Waals surface area contributed by atoms with E-state index in [-0.39, 0.29) is 37.5 Å². The molecule has 0 saturated carbocycles. The molecular formula is C14H16ClN3O3. The molecule has 1 aromatic rings. The lowest BCUT2D eigenvalue weighted by molar-refractivity contribution is -0.138. The minimum absolute atomic E-state index is 0.0210. The molecule has 1 aliphatic heterocycles. The zero-order valence-electron chi connectivity index (χ0n) is 11.9. The van der Waals surface area contributed by atoms with Crippen molar-refractivity contribution in [2.75, 3.05) is 31.7 Å². The number of rotatable bonds is 3. The van der Waals surface area contributed by atoms with E-state index in [0.717, 1.165) is 0 Å². The number of amides is 3. The van der Waals surface area contributed by atoms with Crippen molar-refractivity contribution in [2.24, 2.45) is 0 Å². The summed E-state index contributed by atoms with van der Waals surface area (Å²) in [5.74, 6) is -0.600. The third-order valence-corrected chi connectivity index (χ3v) is 3.59. The van der Waals surface area contributed by atoms with Crippen LogP contribution in [0.3, 0.4) is 0 Å². The normalized spacial score (nSPS) is 14.5. The van der Waals surface area contributed by atoms with Gasteiger partial charge in [0.05, 0.1) is 6.54 Å². The minimum atomic E-state index is -0.252. The number of hydrogen-bond donors (Lipinski definition) is 0. The van der Waals surface area contributed by atoms with Gasteiger partial charge < -0.3 is 9.80 Å². The number of carbonyl (C=O) groups excluding carboxylic acids is 3. The molecule has 6 nitrogen and oxygen atoms in total. The van der Waals surface area contributed by atoms with Crippen molar-refractivity contribution in [3.63, 3.8) is 0 Å². The molecule has 21 heavy (non-hydrogen) atoms. The second kappa shape index (κ2) is 6.13. The van der Waals surface area contributed by atoms with Gasteiger partial charge in [-0.2, -0.15) is 0 Å². The quantitative estimate of drug-likeness (QED) is 0.835. The van der Waals surface area contributed by atoms with Gasteiger partial charge in [-0.05, 0) is 24.3 Å². The fourth-order valence-corrected chi connectivity index (χ4v) is 2.10. The number of hydrogen-bond acceptors (Lipinski definition) is 3. The second-order valence-electron chi connectivity index (χ2n) is 4.91. The topological polar surface area (TPSA) is 60.9 Å². The summed E-state index contributed by atoms with van der Waals surface area (Å²) >= 11 is 5.82. The first kappa shape index (κ1) is 15.3. The van der Waals surface area contributed by atoms with Gasteiger partial charge in [-0.3, -0.25) is 19.3 Å². The van der Waals surface area contributed by atoms with Crippen molar-refractivity contribution in [1.82, 2.24) is 9.80 Å². The summed E-state index contributed by atoms with van der Waals surface area (Å²) in [6.45, 7) is 1.57. The van der Waals surface area contributed by atoms with E-state index in [4.69, 9.17) is 11.6 Å². The number of anilines is 1. The van der Waals surface area contributed by atoms with Crippen LogP contribution in [-0.4, -0.2) is 54.3 Å². The molecule has 0 N–H and O–H groups in total. The van der Waals surface area contributed by atoms with Crippen LogP contribution in [0.2, 0.25) is 5.02 Å². The predicted octanol–water partition coefficient (Wildman–Crippen LogP) is 0.951. The molecule has 0 aromatic heterocycles. The Morgan fingerprint density at radius 3 is 2.48 bits per heavy atom. The molecule has 1 saturated heterocycles. The molecule has 1 fully saturated rings. The average Bonchev–Trinajstić information content (AvgIpc) is 2.81. The Kier molecular flexibility index (Phi) is 4.47. The summed E-state index contributed by atoms with van der Waals surface area (Å²) in [6.07, 6.45) is 0. The van der Waals surface area contributed by atoms with E-state index in [0.29, 0.717) is 10.7 Å². The summed E-state index contributed by atoms with van der Waals surface area (Å²) in [6, 6.07) is 6.85. The Morgan fingerprint density at radius 2 is 1.90 bits per heavy atom. The molecule has 0 spiro atoms. The summed E-state index contributed by atoms with van der Waals surface area (Å²) in [5, 5.41) is 0.585. The van der Waals surface area contributed by atoms with Crippen molar-refractivity contribution < 1.29 is 14.4 Å². The Hall–Kier alpha value is -2.08. The molecule has 0 aliphatic carbocycles. The first-order valence-corrected chi connectivity index (χ1v) is 6.81. The molecule has 1 heterocycles. The molecule has 0 bridgehead atoms. The number of halogens is 1. The average molecular weight is 310 g/mol. The van der Waals surface area contributed by atoms with Crippen molar-refractivity contribution in [3.8, 4) is 0 Å². The Labute approximate surface area is 127 Å². The van der Waals surface area contributed by atoms with E-state index in [9.17, 15) is 14.4 Å². The maximum absolute atomic E-state index is 12.1. The van der Waals surface area contributed by atoms with E-state index in [1.807, 2.05) is 0 Å². The second-order valence-corrected chi connectivity index (χ2v) is 5.34. The van der Waals surface area contributed by atoms with Crippen LogP contribution >= 0.6 is 11.6 Å². The van der Waals surface area contributed by atoms with Crippen LogP contribution in [0.1, 0.15) is 6.92 Å². The number of nitrogens with zero attached hydrogens (tertiary/aromatic N) is 3. The monoisotopic (exact) mass is 309 g/mol. The highest BCUT2D eigenvalue weighted by Crippen LogP contribution is 2.21. The Balaban J connectivity index is 2.04. The number of benzene rings is 1. The molecule has 112 valence electrons. The zero-order chi connectivity index (χ0) is 15.6. The van der Waals surface area contributed by atoms with E-state index in [1.165, 1.54) is 21.6 Å². The van der Waals surface area contributed by atoms with Gasteiger partial charge in [0.25, 0.3) is 0 Å². The van der Waals surface area contributed by atoms with Crippen LogP contribution in [-0.2, 0) is 14.4 Å². The summed E-state index contributed by atoms with van der Waals surface area (Å²) in [7, 11) is 1.55. The van der Waals surface area contributed by atoms with Crippen LogP contribution in [0.4, 0.5) is 5.69 Å². The summed E-state index contributed by atoms with van der Waals surface area (Å²) < 4.78 is 0. The highest BCUT2D eigenvalue weighted by Gasteiger charge is 2.32. The maximum atomic E-state index is 12.1. The van der Waals surface area contributed by atoms with Crippen molar-refractivity contribution >= 4 is 35.0 Å². The molecule has 2 rings (SSSR count). The molecule has 1 aliphatic rings. The van der Waals surface area contributed by atoms with Gasteiger partial charge in [0.15, 0.2) is 0 Å². The van der Waals surface area contributed by atoms with Crippen LogP contribution in [0.25, 0.3) is 0 Å². The number of likely N-dealkylation sites (N-methyl/N-ethyl adjacent to an activating group) is 1. The Bertz CT molecular complexity index is 573. The fourth-order valence-electron chi connectivity index (χ4n) is 1.98. The molecule has 7 heteroatoms. The first-order valence-electron chi connectivity index (χ1n) is 6.44. The van der Waals surface area contributed by atoms with Crippen molar-refractivity contribution in [2.45, 2.75) is 6.92 Å². The Morgan fingerprint density at radius 1 is 1.29 bits per heavy atom. The molecule has 3 amide bonds.